The van der Waals surface area contributed by atoms with E-state index in [0.29, 0.717) is 6.42 Å². The Balaban J connectivity index is 2.70. The third kappa shape index (κ3) is 3.28. The summed E-state index contributed by atoms with van der Waals surface area (Å²) in [6.45, 7) is 5.55. The lowest BCUT2D eigenvalue weighted by Crippen LogP contribution is -2.38. The maximum absolute atomic E-state index is 11.7. The van der Waals surface area contributed by atoms with Gasteiger partial charge >= 0.3 is 5.97 Å². The van der Waals surface area contributed by atoms with E-state index in [1.807, 2.05) is 13.8 Å². The molecule has 5 nitrogen and oxygen atoms in total. The van der Waals surface area contributed by atoms with Crippen LogP contribution in [0.2, 0.25) is 0 Å². The molecule has 0 aromatic rings. The fourth-order valence-electron chi connectivity index (χ4n) is 2.08. The number of carboxylic acid groups (broad SMARTS) is 1. The van der Waals surface area contributed by atoms with Gasteiger partial charge in [-0.3, -0.25) is 19.3 Å². The molecule has 1 N–H and O–H groups in total. The number of rotatable bonds is 5. The predicted molar refractivity (Wildman–Crippen MR) is 61.1 cm³/mol. The van der Waals surface area contributed by atoms with Crippen molar-refractivity contribution in [3.63, 3.8) is 0 Å². The fraction of sp³-hybridized carbons (Fsp3) is 0.750. The van der Waals surface area contributed by atoms with Gasteiger partial charge in [0, 0.05) is 18.9 Å². The van der Waals surface area contributed by atoms with E-state index in [0.717, 1.165) is 4.90 Å². The number of carbonyl (C=O) groups excluding carboxylic acids is 2. The minimum Gasteiger partial charge on any atom is -0.481 e. The second-order valence-electron chi connectivity index (χ2n) is 5.11. The number of aliphatic carboxylic acids is 1. The van der Waals surface area contributed by atoms with Crippen LogP contribution in [0.25, 0.3) is 0 Å². The molecule has 5 heteroatoms. The largest absolute Gasteiger partial charge is 0.481 e. The zero-order valence-corrected chi connectivity index (χ0v) is 10.5. The second kappa shape index (κ2) is 5.29. The van der Waals surface area contributed by atoms with Crippen molar-refractivity contribution in [1.82, 2.24) is 4.90 Å². The minimum atomic E-state index is -0.946. The van der Waals surface area contributed by atoms with Crippen LogP contribution in [-0.4, -0.2) is 34.3 Å². The Bertz CT molecular complexity index is 337. The zero-order chi connectivity index (χ0) is 13.2. The van der Waals surface area contributed by atoms with Crippen molar-refractivity contribution in [3.8, 4) is 0 Å². The number of hydrogen-bond donors (Lipinski definition) is 1. The van der Waals surface area contributed by atoms with E-state index < -0.39 is 11.9 Å². The van der Waals surface area contributed by atoms with Gasteiger partial charge in [-0.2, -0.15) is 0 Å². The normalized spacial score (nSPS) is 22.4. The molecular formula is C12H19NO4. The summed E-state index contributed by atoms with van der Waals surface area (Å²) in [6, 6.07) is 0. The molecule has 1 aliphatic rings. The highest BCUT2D eigenvalue weighted by molar-refractivity contribution is 6.03. The monoisotopic (exact) mass is 241 g/mol. The molecule has 0 aromatic heterocycles. The van der Waals surface area contributed by atoms with E-state index in [2.05, 4.69) is 0 Å². The molecule has 17 heavy (non-hydrogen) atoms. The topological polar surface area (TPSA) is 74.7 Å². The SMILES string of the molecule is CC(C)CC(CN1C(=O)CC(C)C1=O)C(=O)O. The molecule has 1 aliphatic heterocycles. The quantitative estimate of drug-likeness (QED) is 0.732. The lowest BCUT2D eigenvalue weighted by atomic mass is 9.97. The third-order valence-electron chi connectivity index (χ3n) is 2.98. The van der Waals surface area contributed by atoms with Gasteiger partial charge in [0.05, 0.1) is 5.92 Å². The van der Waals surface area contributed by atoms with Crippen molar-refractivity contribution in [3.05, 3.63) is 0 Å². The summed E-state index contributed by atoms with van der Waals surface area (Å²) in [5.74, 6) is -2.19. The van der Waals surface area contributed by atoms with Crippen LogP contribution >= 0.6 is 0 Å². The van der Waals surface area contributed by atoms with Crippen molar-refractivity contribution < 1.29 is 19.5 Å². The van der Waals surface area contributed by atoms with Gasteiger partial charge in [0.1, 0.15) is 0 Å². The van der Waals surface area contributed by atoms with E-state index in [9.17, 15) is 14.4 Å². The number of hydrogen-bond acceptors (Lipinski definition) is 3. The van der Waals surface area contributed by atoms with Crippen LogP contribution in [0.5, 0.6) is 0 Å². The standard InChI is InChI=1S/C12H19NO4/c1-7(2)4-9(12(16)17)6-13-10(14)5-8(3)11(13)15/h7-9H,4-6H2,1-3H3,(H,16,17). The van der Waals surface area contributed by atoms with Crippen LogP contribution in [-0.2, 0) is 14.4 Å². The number of imide groups is 1. The molecule has 2 amide bonds. The molecule has 2 atom stereocenters. The highest BCUT2D eigenvalue weighted by Gasteiger charge is 2.37. The number of likely N-dealkylation sites (tertiary alicyclic amines) is 1. The van der Waals surface area contributed by atoms with Crippen molar-refractivity contribution in [2.24, 2.45) is 17.8 Å². The van der Waals surface area contributed by atoms with Crippen molar-refractivity contribution in [2.75, 3.05) is 6.54 Å². The summed E-state index contributed by atoms with van der Waals surface area (Å²) in [4.78, 5) is 35.4. The first-order valence-electron chi connectivity index (χ1n) is 5.90. The summed E-state index contributed by atoms with van der Waals surface area (Å²) < 4.78 is 0. The molecule has 0 aromatic carbocycles. The molecule has 1 saturated heterocycles. The van der Waals surface area contributed by atoms with Crippen molar-refractivity contribution in [2.45, 2.75) is 33.6 Å². The van der Waals surface area contributed by atoms with E-state index in [4.69, 9.17) is 5.11 Å². The van der Waals surface area contributed by atoms with E-state index >= 15 is 0 Å². The maximum atomic E-state index is 11.7. The first-order chi connectivity index (χ1) is 7.82. The zero-order valence-electron chi connectivity index (χ0n) is 10.5. The Hall–Kier alpha value is -1.39. The van der Waals surface area contributed by atoms with Gasteiger partial charge < -0.3 is 5.11 Å². The summed E-state index contributed by atoms with van der Waals surface area (Å²) in [5, 5.41) is 9.07. The van der Waals surface area contributed by atoms with Crippen LogP contribution in [0.4, 0.5) is 0 Å². The fourth-order valence-corrected chi connectivity index (χ4v) is 2.08. The van der Waals surface area contributed by atoms with Crippen molar-refractivity contribution in [1.29, 1.82) is 0 Å². The first kappa shape index (κ1) is 13.7. The van der Waals surface area contributed by atoms with Gasteiger partial charge in [0.15, 0.2) is 0 Å². The van der Waals surface area contributed by atoms with Gasteiger partial charge in [-0.25, -0.2) is 0 Å². The van der Waals surface area contributed by atoms with Crippen LogP contribution < -0.4 is 0 Å². The van der Waals surface area contributed by atoms with Crippen LogP contribution in [0.15, 0.2) is 0 Å². The average molecular weight is 241 g/mol. The number of carbonyl (C=O) groups is 3. The summed E-state index contributed by atoms with van der Waals surface area (Å²) in [5.41, 5.74) is 0. The summed E-state index contributed by atoms with van der Waals surface area (Å²) in [7, 11) is 0. The Morgan fingerprint density at radius 2 is 2.06 bits per heavy atom. The van der Waals surface area contributed by atoms with Gasteiger partial charge in [-0.15, -0.1) is 0 Å². The molecule has 96 valence electrons. The lowest BCUT2D eigenvalue weighted by molar-refractivity contribution is -0.146. The molecule has 2 unspecified atom stereocenters. The smallest absolute Gasteiger partial charge is 0.308 e. The third-order valence-corrected chi connectivity index (χ3v) is 2.98. The van der Waals surface area contributed by atoms with Gasteiger partial charge in [0.25, 0.3) is 0 Å². The highest BCUT2D eigenvalue weighted by atomic mass is 16.4. The Morgan fingerprint density at radius 1 is 1.47 bits per heavy atom. The van der Waals surface area contributed by atoms with E-state index in [-0.39, 0.29) is 36.6 Å². The van der Waals surface area contributed by atoms with Crippen LogP contribution in [0.1, 0.15) is 33.6 Å². The Labute approximate surface area is 101 Å². The molecule has 0 bridgehead atoms. The Morgan fingerprint density at radius 3 is 2.41 bits per heavy atom. The minimum absolute atomic E-state index is 0.00944. The van der Waals surface area contributed by atoms with Crippen LogP contribution in [0.3, 0.4) is 0 Å². The molecule has 0 radical (unpaired) electrons. The highest BCUT2D eigenvalue weighted by Crippen LogP contribution is 2.22. The molecule has 1 rings (SSSR count). The molecule has 0 saturated carbocycles. The first-order valence-corrected chi connectivity index (χ1v) is 5.90. The molecular weight excluding hydrogens is 222 g/mol. The number of nitrogens with zero attached hydrogens (tertiary/aromatic N) is 1. The lowest BCUT2D eigenvalue weighted by Gasteiger charge is -2.21. The number of amides is 2. The number of carboxylic acids is 1. The summed E-state index contributed by atoms with van der Waals surface area (Å²) in [6.07, 6.45) is 0.674. The second-order valence-corrected chi connectivity index (χ2v) is 5.11. The molecule has 1 fully saturated rings. The van der Waals surface area contributed by atoms with E-state index in [1.165, 1.54) is 0 Å². The maximum Gasteiger partial charge on any atom is 0.308 e. The van der Waals surface area contributed by atoms with Crippen molar-refractivity contribution >= 4 is 17.8 Å². The van der Waals surface area contributed by atoms with Crippen LogP contribution in [0, 0.1) is 17.8 Å². The molecule has 0 aliphatic carbocycles. The summed E-state index contributed by atoms with van der Waals surface area (Å²) >= 11 is 0. The molecule has 0 spiro atoms. The van der Waals surface area contributed by atoms with Gasteiger partial charge in [0.2, 0.25) is 11.8 Å². The van der Waals surface area contributed by atoms with E-state index in [1.54, 1.807) is 6.92 Å². The average Bonchev–Trinajstić information content (AvgIpc) is 2.43. The van der Waals surface area contributed by atoms with Gasteiger partial charge in [-0.05, 0) is 12.3 Å². The predicted octanol–water partition coefficient (Wildman–Crippen LogP) is 1.13. The van der Waals surface area contributed by atoms with Gasteiger partial charge in [-0.1, -0.05) is 20.8 Å². The Kier molecular flexibility index (Phi) is 4.26. The molecule has 1 heterocycles.